The molecule has 4 heterocycles. The van der Waals surface area contributed by atoms with Gasteiger partial charge in [0.05, 0.1) is 18.8 Å². The van der Waals surface area contributed by atoms with E-state index in [4.69, 9.17) is 9.47 Å². The molecule has 1 amide bonds. The number of piperidine rings is 1. The number of aromatic nitrogens is 1. The van der Waals surface area contributed by atoms with Crippen molar-refractivity contribution in [3.05, 3.63) is 107 Å². The second kappa shape index (κ2) is 14.1. The van der Waals surface area contributed by atoms with Crippen LogP contribution in [-0.4, -0.2) is 87.0 Å². The molecule has 3 atom stereocenters. The number of benzene rings is 3. The van der Waals surface area contributed by atoms with Gasteiger partial charge in [-0.1, -0.05) is 36.4 Å². The molecule has 2 saturated heterocycles. The van der Waals surface area contributed by atoms with Gasteiger partial charge in [-0.25, -0.2) is 9.37 Å². The van der Waals surface area contributed by atoms with Crippen LogP contribution in [0.1, 0.15) is 76.7 Å². The quantitative estimate of drug-likeness (QED) is 0.216. The number of ether oxygens (including phenoxy) is 2. The van der Waals surface area contributed by atoms with E-state index >= 15 is 4.39 Å². The minimum absolute atomic E-state index is 0.0864. The molecular weight excluding hydrogens is 682 g/mol. The highest BCUT2D eigenvalue weighted by Gasteiger charge is 2.47. The zero-order valence-electron chi connectivity index (χ0n) is 31.3. The molecule has 1 aromatic heterocycles. The second-order valence-corrected chi connectivity index (χ2v) is 16.2. The number of phenolic OH excluding ortho intramolecular Hbond substituents is 1. The summed E-state index contributed by atoms with van der Waals surface area (Å²) in [5, 5.41) is 12.9. The monoisotopic (exact) mass is 731 g/mol. The van der Waals surface area contributed by atoms with Gasteiger partial charge in [-0.05, 0) is 103 Å². The molecule has 3 aliphatic heterocycles. The van der Waals surface area contributed by atoms with Crippen molar-refractivity contribution < 1.29 is 23.8 Å². The average molecular weight is 732 g/mol. The van der Waals surface area contributed by atoms with Gasteiger partial charge in [0.1, 0.15) is 35.3 Å². The number of hydrogen-bond acceptors (Lipinski definition) is 8. The van der Waals surface area contributed by atoms with E-state index in [-0.39, 0.29) is 35.4 Å². The fourth-order valence-corrected chi connectivity index (χ4v) is 10.5. The summed E-state index contributed by atoms with van der Waals surface area (Å²) in [5.41, 5.74) is 6.69. The fraction of sp³-hybridized carbons (Fsp3) is 0.455. The highest BCUT2D eigenvalue weighted by atomic mass is 19.1. The van der Waals surface area contributed by atoms with Crippen molar-refractivity contribution in [3.63, 3.8) is 0 Å². The maximum Gasteiger partial charge on any atom is 0.269 e. The number of fused-ring (bicyclic) bond motifs is 4. The number of carbonyl (C=O) groups excluding carboxylic acids is 1. The summed E-state index contributed by atoms with van der Waals surface area (Å²) in [7, 11) is 3.30. The molecular formula is C44H50FN5O4. The molecule has 282 valence electrons. The topological polar surface area (TPSA) is 90.4 Å². The molecule has 2 N–H and O–H groups in total. The minimum atomic E-state index is -0.207. The molecule has 1 saturated carbocycles. The Morgan fingerprint density at radius 2 is 1.81 bits per heavy atom. The Morgan fingerprint density at radius 1 is 1.00 bits per heavy atom. The Hall–Kier alpha value is -4.83. The number of pyridine rings is 1. The van der Waals surface area contributed by atoms with Gasteiger partial charge >= 0.3 is 0 Å². The highest BCUT2D eigenvalue weighted by molar-refractivity contribution is 5.92. The van der Waals surface area contributed by atoms with Crippen LogP contribution in [0.15, 0.2) is 72.8 Å². The van der Waals surface area contributed by atoms with Gasteiger partial charge in [0.15, 0.2) is 0 Å². The van der Waals surface area contributed by atoms with Crippen LogP contribution in [0.2, 0.25) is 0 Å². The summed E-state index contributed by atoms with van der Waals surface area (Å²) in [6.45, 7) is 6.26. The Bertz CT molecular complexity index is 2030. The van der Waals surface area contributed by atoms with Crippen LogP contribution in [0.3, 0.4) is 0 Å². The Balaban J connectivity index is 0.839. The summed E-state index contributed by atoms with van der Waals surface area (Å²) >= 11 is 0. The maximum absolute atomic E-state index is 16.4. The summed E-state index contributed by atoms with van der Waals surface area (Å²) < 4.78 is 28.5. The highest BCUT2D eigenvalue weighted by Crippen LogP contribution is 2.54. The molecule has 3 aromatic carbocycles. The number of nitrogens with one attached hydrogen (secondary N) is 1. The van der Waals surface area contributed by atoms with E-state index in [1.54, 1.807) is 32.4 Å². The molecule has 9 nitrogen and oxygen atoms in total. The van der Waals surface area contributed by atoms with E-state index in [9.17, 15) is 9.90 Å². The predicted octanol–water partition coefficient (Wildman–Crippen LogP) is 6.74. The van der Waals surface area contributed by atoms with Crippen molar-refractivity contribution in [1.29, 1.82) is 0 Å². The molecule has 2 aliphatic carbocycles. The third-order valence-corrected chi connectivity index (χ3v) is 13.2. The van der Waals surface area contributed by atoms with Crippen LogP contribution in [-0.2, 0) is 6.42 Å². The summed E-state index contributed by atoms with van der Waals surface area (Å²) in [4.78, 5) is 23.8. The number of phenols is 1. The smallest absolute Gasteiger partial charge is 0.269 e. The standard InChI is InChI=1S/C44H50FN5O4/c1-46-42(52)37-12-13-38-43(47-37)54-27-31-26-48(18-19-50(31)38)25-28-23-44(24-28)14-16-49(17-15-44)39-22-40(53-2)35(21-36(39)45)41-33(29-6-4-3-5-7-29)10-8-30-20-32(51)9-11-34(30)41/h3-7,9,11-13,20-22,28,31,33,41,51H,8,10,14-19,23-27H2,1-2H3,(H,46,52). The molecule has 5 aliphatic rings. The Kier molecular flexibility index (Phi) is 9.12. The van der Waals surface area contributed by atoms with E-state index in [1.807, 2.05) is 30.3 Å². The number of halogens is 1. The molecule has 4 aromatic rings. The van der Waals surface area contributed by atoms with Crippen molar-refractivity contribution in [2.75, 3.05) is 69.8 Å². The second-order valence-electron chi connectivity index (χ2n) is 16.2. The van der Waals surface area contributed by atoms with Gasteiger partial charge in [0.25, 0.3) is 5.91 Å². The van der Waals surface area contributed by atoms with E-state index in [1.165, 1.54) is 18.4 Å². The number of nitrogens with zero attached hydrogens (tertiary/aromatic N) is 4. The van der Waals surface area contributed by atoms with Crippen LogP contribution in [0.4, 0.5) is 15.8 Å². The van der Waals surface area contributed by atoms with Gasteiger partial charge in [0, 0.05) is 63.9 Å². The van der Waals surface area contributed by atoms with E-state index < -0.39 is 0 Å². The first-order valence-corrected chi connectivity index (χ1v) is 19.7. The fourth-order valence-electron chi connectivity index (χ4n) is 10.5. The van der Waals surface area contributed by atoms with Gasteiger partial charge in [0.2, 0.25) is 5.88 Å². The third kappa shape index (κ3) is 6.32. The maximum atomic E-state index is 16.4. The average Bonchev–Trinajstić information content (AvgIpc) is 3.19. The molecule has 54 heavy (non-hydrogen) atoms. The zero-order valence-corrected chi connectivity index (χ0v) is 31.3. The lowest BCUT2D eigenvalue weighted by molar-refractivity contribution is 0.00285. The number of hydrogen-bond donors (Lipinski definition) is 2. The lowest BCUT2D eigenvalue weighted by Crippen LogP contribution is -2.59. The van der Waals surface area contributed by atoms with Crippen molar-refractivity contribution in [3.8, 4) is 17.4 Å². The van der Waals surface area contributed by atoms with Gasteiger partial charge in [-0.2, -0.15) is 0 Å². The molecule has 0 radical (unpaired) electrons. The first kappa shape index (κ1) is 34.9. The van der Waals surface area contributed by atoms with E-state index in [2.05, 4.69) is 49.3 Å². The molecule has 3 fully saturated rings. The lowest BCUT2D eigenvalue weighted by Gasteiger charge is -2.54. The number of aromatic hydroxyl groups is 1. The Labute approximate surface area is 317 Å². The third-order valence-electron chi connectivity index (χ3n) is 13.2. The van der Waals surface area contributed by atoms with Crippen LogP contribution in [0, 0.1) is 17.2 Å². The first-order valence-electron chi connectivity index (χ1n) is 19.7. The molecule has 3 unspecified atom stereocenters. The van der Waals surface area contributed by atoms with Crippen LogP contribution in [0.5, 0.6) is 17.4 Å². The van der Waals surface area contributed by atoms with E-state index in [0.717, 1.165) is 93.1 Å². The number of piperazine rings is 1. The van der Waals surface area contributed by atoms with Gasteiger partial charge in [-0.3, -0.25) is 9.69 Å². The first-order chi connectivity index (χ1) is 26.3. The normalized spacial score (nSPS) is 23.4. The molecule has 0 bridgehead atoms. The van der Waals surface area contributed by atoms with Crippen LogP contribution >= 0.6 is 0 Å². The number of anilines is 2. The van der Waals surface area contributed by atoms with Gasteiger partial charge < -0.3 is 29.7 Å². The number of rotatable bonds is 7. The lowest BCUT2D eigenvalue weighted by atomic mass is 9.57. The van der Waals surface area contributed by atoms with Crippen molar-refractivity contribution in [2.45, 2.75) is 56.4 Å². The summed E-state index contributed by atoms with van der Waals surface area (Å²) in [6.07, 6.45) is 6.40. The molecule has 10 heteroatoms. The zero-order chi connectivity index (χ0) is 37.0. The van der Waals surface area contributed by atoms with Crippen molar-refractivity contribution >= 4 is 17.3 Å². The largest absolute Gasteiger partial charge is 0.508 e. The van der Waals surface area contributed by atoms with E-state index in [0.29, 0.717) is 35.2 Å². The molecule has 1 spiro atoms. The predicted molar refractivity (Wildman–Crippen MR) is 208 cm³/mol. The minimum Gasteiger partial charge on any atom is -0.508 e. The Morgan fingerprint density at radius 3 is 2.59 bits per heavy atom. The summed E-state index contributed by atoms with van der Waals surface area (Å²) in [6, 6.07) is 23.8. The number of methoxy groups -OCH3 is 1. The van der Waals surface area contributed by atoms with Crippen LogP contribution in [0.25, 0.3) is 0 Å². The van der Waals surface area contributed by atoms with Gasteiger partial charge in [-0.15, -0.1) is 0 Å². The van der Waals surface area contributed by atoms with Crippen molar-refractivity contribution in [2.24, 2.45) is 11.3 Å². The SMILES string of the molecule is CNC(=O)c1ccc2c(n1)OCC1CN(CC3CC4(CCN(c5cc(OC)c(C6c7ccc(O)cc7CCC6c6ccccc6)cc5F)CC4)C3)CCN21. The number of amides is 1. The summed E-state index contributed by atoms with van der Waals surface area (Å²) in [5.74, 6) is 1.91. The molecule has 9 rings (SSSR count). The van der Waals surface area contributed by atoms with Crippen LogP contribution < -0.4 is 24.6 Å². The number of aryl methyl sites for hydroxylation is 1. The number of carbonyl (C=O) groups is 1. The van der Waals surface area contributed by atoms with Crippen molar-refractivity contribution in [1.82, 2.24) is 15.2 Å².